The zero-order chi connectivity index (χ0) is 13.5. The molecule has 0 spiro atoms. The van der Waals surface area contributed by atoms with E-state index < -0.39 is 10.0 Å². The van der Waals surface area contributed by atoms with Crippen LogP contribution in [-0.4, -0.2) is 32.7 Å². The fraction of sp³-hybridized carbons (Fsp3) is 0.417. The molecule has 0 N–H and O–H groups in total. The molecule has 0 unspecified atom stereocenters. The Labute approximate surface area is 112 Å². The number of halogens is 1. The molecule has 6 heteroatoms. The Hall–Kier alpha value is -1.07. The summed E-state index contributed by atoms with van der Waals surface area (Å²) >= 11 is 6.10. The number of benzene rings is 1. The first kappa shape index (κ1) is 13.4. The Kier molecular flexibility index (Phi) is 3.38. The van der Waals surface area contributed by atoms with Gasteiger partial charge in [-0.3, -0.25) is 0 Å². The topological polar surface area (TPSA) is 49.7 Å². The predicted octanol–water partition coefficient (Wildman–Crippen LogP) is 2.38. The highest BCUT2D eigenvalue weighted by atomic mass is 35.5. The van der Waals surface area contributed by atoms with Gasteiger partial charge in [0.1, 0.15) is 4.90 Å². The molecule has 1 aliphatic rings. The van der Waals surface area contributed by atoms with E-state index in [-0.39, 0.29) is 4.90 Å². The van der Waals surface area contributed by atoms with Crippen LogP contribution in [0, 0.1) is 5.92 Å². The molecule has 0 amide bonds. The van der Waals surface area contributed by atoms with E-state index >= 15 is 0 Å². The molecular weight excluding hydrogens is 272 g/mol. The Balaban J connectivity index is 2.53. The van der Waals surface area contributed by atoms with Crippen LogP contribution < -0.4 is 0 Å². The minimum Gasteiger partial charge on any atom is -0.358 e. The summed E-state index contributed by atoms with van der Waals surface area (Å²) in [6, 6.07) is 4.84. The molecule has 0 aromatic heterocycles. The van der Waals surface area contributed by atoms with Gasteiger partial charge in [0.2, 0.25) is 0 Å². The number of amidine groups is 1. The molecular formula is C12H15ClN2O2S. The molecule has 0 bridgehead atoms. The summed E-state index contributed by atoms with van der Waals surface area (Å²) in [6.07, 6.45) is 0. The molecule has 1 aromatic rings. The molecule has 1 heterocycles. The van der Waals surface area contributed by atoms with Crippen molar-refractivity contribution in [1.29, 1.82) is 0 Å². The van der Waals surface area contributed by atoms with Crippen LogP contribution in [0.5, 0.6) is 0 Å². The second kappa shape index (κ2) is 4.55. The van der Waals surface area contributed by atoms with Gasteiger partial charge in [-0.05, 0) is 18.1 Å². The minimum atomic E-state index is -3.60. The molecule has 0 radical (unpaired) electrons. The smallest absolute Gasteiger partial charge is 0.285 e. The first-order valence-corrected chi connectivity index (χ1v) is 7.49. The summed E-state index contributed by atoms with van der Waals surface area (Å²) in [5.41, 5.74) is 0.516. The van der Waals surface area contributed by atoms with Gasteiger partial charge >= 0.3 is 0 Å². The highest BCUT2D eigenvalue weighted by Gasteiger charge is 2.32. The predicted molar refractivity (Wildman–Crippen MR) is 72.6 cm³/mol. The van der Waals surface area contributed by atoms with Crippen LogP contribution in [0.1, 0.15) is 19.4 Å². The second-order valence-electron chi connectivity index (χ2n) is 4.78. The van der Waals surface area contributed by atoms with Crippen molar-refractivity contribution in [3.05, 3.63) is 28.8 Å². The van der Waals surface area contributed by atoms with Crippen LogP contribution in [0.3, 0.4) is 0 Å². The van der Waals surface area contributed by atoms with E-state index in [9.17, 15) is 8.42 Å². The van der Waals surface area contributed by atoms with Crippen molar-refractivity contribution < 1.29 is 8.42 Å². The lowest BCUT2D eigenvalue weighted by Crippen LogP contribution is -2.30. The van der Waals surface area contributed by atoms with Gasteiger partial charge in [-0.25, -0.2) is 0 Å². The van der Waals surface area contributed by atoms with Gasteiger partial charge in [-0.1, -0.05) is 31.5 Å². The van der Waals surface area contributed by atoms with Gasteiger partial charge in [-0.2, -0.15) is 8.42 Å². The standard InChI is InChI=1S/C12H15ClN2O2S/c1-8(2)7-15(3)12-11-9(13)5-4-6-10(11)18(16,17)14-12/h4-6,8H,7H2,1-3H3. The zero-order valence-corrected chi connectivity index (χ0v) is 12.1. The van der Waals surface area contributed by atoms with E-state index in [0.29, 0.717) is 22.3 Å². The number of rotatable bonds is 2. The fourth-order valence-electron chi connectivity index (χ4n) is 2.04. The fourth-order valence-corrected chi connectivity index (χ4v) is 3.62. The lowest BCUT2D eigenvalue weighted by molar-refractivity contribution is 0.426. The van der Waals surface area contributed by atoms with E-state index in [1.165, 1.54) is 6.07 Å². The van der Waals surface area contributed by atoms with Crippen molar-refractivity contribution in [2.75, 3.05) is 13.6 Å². The minimum absolute atomic E-state index is 0.195. The summed E-state index contributed by atoms with van der Waals surface area (Å²) in [7, 11) is -1.77. The van der Waals surface area contributed by atoms with Crippen LogP contribution >= 0.6 is 11.6 Å². The van der Waals surface area contributed by atoms with E-state index in [1.807, 2.05) is 11.9 Å². The van der Waals surface area contributed by atoms with Crippen molar-refractivity contribution >= 4 is 27.5 Å². The molecule has 0 atom stereocenters. The lowest BCUT2D eigenvalue weighted by Gasteiger charge is -2.21. The summed E-state index contributed by atoms with van der Waals surface area (Å²) in [5.74, 6) is 0.844. The third kappa shape index (κ3) is 2.24. The SMILES string of the molecule is CC(C)CN(C)C1=NS(=O)(=O)c2cccc(Cl)c21. The third-order valence-corrected chi connectivity index (χ3v) is 4.31. The quantitative estimate of drug-likeness (QED) is 0.839. The maximum atomic E-state index is 11.9. The Morgan fingerprint density at radius 2 is 2.06 bits per heavy atom. The van der Waals surface area contributed by atoms with E-state index in [4.69, 9.17) is 11.6 Å². The summed E-state index contributed by atoms with van der Waals surface area (Å²) in [4.78, 5) is 2.03. The highest BCUT2D eigenvalue weighted by molar-refractivity contribution is 7.90. The van der Waals surface area contributed by atoms with Gasteiger partial charge in [-0.15, -0.1) is 4.40 Å². The molecule has 4 nitrogen and oxygen atoms in total. The average molecular weight is 287 g/mol. The molecule has 0 saturated carbocycles. The van der Waals surface area contributed by atoms with Crippen LogP contribution in [0.25, 0.3) is 0 Å². The lowest BCUT2D eigenvalue weighted by atomic mass is 10.1. The van der Waals surface area contributed by atoms with Crippen LogP contribution in [0.2, 0.25) is 5.02 Å². The highest BCUT2D eigenvalue weighted by Crippen LogP contribution is 2.32. The molecule has 0 fully saturated rings. The Bertz CT molecular complexity index is 609. The van der Waals surface area contributed by atoms with Crippen molar-refractivity contribution in [1.82, 2.24) is 4.90 Å². The number of nitrogens with zero attached hydrogens (tertiary/aromatic N) is 2. The van der Waals surface area contributed by atoms with Gasteiger partial charge in [0.05, 0.1) is 10.6 Å². The largest absolute Gasteiger partial charge is 0.358 e. The van der Waals surface area contributed by atoms with Gasteiger partial charge in [0.15, 0.2) is 5.84 Å². The zero-order valence-electron chi connectivity index (χ0n) is 10.5. The Morgan fingerprint density at radius 3 is 2.67 bits per heavy atom. The van der Waals surface area contributed by atoms with Crippen LogP contribution in [0.15, 0.2) is 27.5 Å². The van der Waals surface area contributed by atoms with Crippen LogP contribution in [-0.2, 0) is 10.0 Å². The maximum absolute atomic E-state index is 11.9. The average Bonchev–Trinajstić information content (AvgIpc) is 2.52. The molecule has 98 valence electrons. The number of hydrogen-bond acceptors (Lipinski definition) is 3. The molecule has 18 heavy (non-hydrogen) atoms. The van der Waals surface area contributed by atoms with Crippen molar-refractivity contribution in [2.24, 2.45) is 10.3 Å². The number of sulfonamides is 1. The van der Waals surface area contributed by atoms with Gasteiger partial charge < -0.3 is 4.90 Å². The Morgan fingerprint density at radius 1 is 1.39 bits per heavy atom. The number of hydrogen-bond donors (Lipinski definition) is 0. The van der Waals surface area contributed by atoms with Crippen LogP contribution in [0.4, 0.5) is 0 Å². The van der Waals surface area contributed by atoms with Crippen molar-refractivity contribution in [3.63, 3.8) is 0 Å². The molecule has 0 saturated heterocycles. The molecule has 0 aliphatic carbocycles. The van der Waals surface area contributed by atoms with E-state index in [0.717, 1.165) is 6.54 Å². The number of fused-ring (bicyclic) bond motifs is 1. The first-order valence-electron chi connectivity index (χ1n) is 5.68. The molecule has 2 rings (SSSR count). The van der Waals surface area contributed by atoms with Crippen molar-refractivity contribution in [2.45, 2.75) is 18.7 Å². The summed E-state index contributed by atoms with van der Waals surface area (Å²) in [5, 5.41) is 0.419. The second-order valence-corrected chi connectivity index (χ2v) is 6.76. The summed E-state index contributed by atoms with van der Waals surface area (Å²) < 4.78 is 27.7. The van der Waals surface area contributed by atoms with E-state index in [1.54, 1.807) is 12.1 Å². The third-order valence-electron chi connectivity index (χ3n) is 2.68. The van der Waals surface area contributed by atoms with Gasteiger partial charge in [0, 0.05) is 13.6 Å². The van der Waals surface area contributed by atoms with Crippen molar-refractivity contribution in [3.8, 4) is 0 Å². The normalized spacial score (nSPS) is 16.6. The van der Waals surface area contributed by atoms with E-state index in [2.05, 4.69) is 18.2 Å². The molecule has 1 aliphatic heterocycles. The first-order chi connectivity index (χ1) is 8.33. The summed E-state index contributed by atoms with van der Waals surface area (Å²) in [6.45, 7) is 4.85. The molecule has 1 aromatic carbocycles. The van der Waals surface area contributed by atoms with Gasteiger partial charge in [0.25, 0.3) is 10.0 Å². The maximum Gasteiger partial charge on any atom is 0.285 e. The monoisotopic (exact) mass is 286 g/mol.